The Morgan fingerprint density at radius 3 is 2.00 bits per heavy atom. The first-order chi connectivity index (χ1) is 5.64. The van der Waals surface area contributed by atoms with E-state index in [1.807, 2.05) is 0 Å². The second-order valence-electron chi connectivity index (χ2n) is 4.50. The van der Waals surface area contributed by atoms with Crippen LogP contribution in [0.15, 0.2) is 30.3 Å². The number of rotatable bonds is 1. The molecule has 2 rings (SSSR count). The molecule has 0 amide bonds. The van der Waals surface area contributed by atoms with Gasteiger partial charge in [-0.25, -0.2) is 0 Å². The average Bonchev–Trinajstić information content (AvgIpc) is 2.53. The van der Waals surface area contributed by atoms with Gasteiger partial charge in [0.1, 0.15) is 0 Å². The van der Waals surface area contributed by atoms with Crippen molar-refractivity contribution in [3.63, 3.8) is 0 Å². The Morgan fingerprint density at radius 1 is 1.08 bits per heavy atom. The third-order valence-corrected chi connectivity index (χ3v) is 3.52. The summed E-state index contributed by atoms with van der Waals surface area (Å²) in [6.45, 7) is 7.06. The van der Waals surface area contributed by atoms with Crippen LogP contribution in [0.3, 0.4) is 0 Å². The molecule has 0 radical (unpaired) electrons. The monoisotopic (exact) mass is 160 g/mol. The Hall–Kier alpha value is -0.780. The van der Waals surface area contributed by atoms with Gasteiger partial charge in [-0.05, 0) is 22.8 Å². The number of hydrogen-bond acceptors (Lipinski definition) is 0. The molecule has 1 fully saturated rings. The van der Waals surface area contributed by atoms with E-state index in [2.05, 4.69) is 51.1 Å². The first-order valence-electron chi connectivity index (χ1n) is 4.69. The van der Waals surface area contributed by atoms with Crippen LogP contribution in [0.25, 0.3) is 0 Å². The Kier molecular flexibility index (Phi) is 1.54. The zero-order chi connectivity index (χ0) is 8.77. The minimum absolute atomic E-state index is 0.529. The topological polar surface area (TPSA) is 0 Å². The quantitative estimate of drug-likeness (QED) is 0.590. The lowest BCUT2D eigenvalue weighted by Crippen LogP contribution is -1.89. The fraction of sp³-hybridized carbons (Fsp3) is 0.500. The molecule has 12 heavy (non-hydrogen) atoms. The molecule has 1 aliphatic rings. The number of benzene rings is 1. The minimum atomic E-state index is 0.529. The van der Waals surface area contributed by atoms with Crippen LogP contribution in [0.2, 0.25) is 0 Å². The van der Waals surface area contributed by atoms with Gasteiger partial charge in [0.05, 0.1) is 0 Å². The molecule has 0 N–H and O–H groups in total. The molecule has 1 aromatic carbocycles. The first kappa shape index (κ1) is 7.85. The lowest BCUT2D eigenvalue weighted by atomic mass is 10.0. The maximum atomic E-state index is 2.36. The zero-order valence-electron chi connectivity index (χ0n) is 8.04. The third-order valence-electron chi connectivity index (χ3n) is 3.52. The van der Waals surface area contributed by atoms with Crippen molar-refractivity contribution < 1.29 is 0 Å². The summed E-state index contributed by atoms with van der Waals surface area (Å²) in [5.41, 5.74) is 2.04. The van der Waals surface area contributed by atoms with Crippen molar-refractivity contribution in [1.82, 2.24) is 0 Å². The Morgan fingerprint density at radius 2 is 1.58 bits per heavy atom. The lowest BCUT2D eigenvalue weighted by Gasteiger charge is -2.01. The first-order valence-corrected chi connectivity index (χ1v) is 4.69. The van der Waals surface area contributed by atoms with Gasteiger partial charge < -0.3 is 0 Å². The second-order valence-corrected chi connectivity index (χ2v) is 4.50. The lowest BCUT2D eigenvalue weighted by molar-refractivity contribution is 0.575. The van der Waals surface area contributed by atoms with E-state index in [4.69, 9.17) is 0 Å². The van der Waals surface area contributed by atoms with Crippen molar-refractivity contribution >= 4 is 0 Å². The van der Waals surface area contributed by atoms with Crippen LogP contribution in [0.4, 0.5) is 0 Å². The fourth-order valence-corrected chi connectivity index (χ4v) is 2.27. The highest BCUT2D eigenvalue weighted by Crippen LogP contribution is 2.63. The maximum Gasteiger partial charge on any atom is -0.00768 e. The van der Waals surface area contributed by atoms with E-state index in [0.717, 1.165) is 11.8 Å². The van der Waals surface area contributed by atoms with Gasteiger partial charge in [0, 0.05) is 0 Å². The van der Waals surface area contributed by atoms with Gasteiger partial charge in [-0.3, -0.25) is 0 Å². The van der Waals surface area contributed by atoms with Gasteiger partial charge in [-0.2, -0.15) is 0 Å². The van der Waals surface area contributed by atoms with Crippen molar-refractivity contribution in [2.75, 3.05) is 0 Å². The molecule has 0 nitrogen and oxygen atoms in total. The van der Waals surface area contributed by atoms with Crippen molar-refractivity contribution in [3.05, 3.63) is 35.9 Å². The van der Waals surface area contributed by atoms with E-state index < -0.39 is 0 Å². The van der Waals surface area contributed by atoms with Crippen LogP contribution in [0, 0.1) is 11.3 Å². The minimum Gasteiger partial charge on any atom is -0.0622 e. The molecule has 1 saturated carbocycles. The molecule has 0 bridgehead atoms. The highest BCUT2D eigenvalue weighted by atomic mass is 14.6. The van der Waals surface area contributed by atoms with Crippen LogP contribution in [0.5, 0.6) is 0 Å². The standard InChI is InChI=1S/C12H16/c1-9-11(12(9,2)3)10-7-5-4-6-8-10/h4-9,11H,1-3H3/t9-,11+/m1/s1. The van der Waals surface area contributed by atoms with Crippen LogP contribution in [0.1, 0.15) is 32.3 Å². The molecule has 0 spiro atoms. The predicted octanol–water partition coefficient (Wildman–Crippen LogP) is 3.45. The van der Waals surface area contributed by atoms with Crippen molar-refractivity contribution in [1.29, 1.82) is 0 Å². The van der Waals surface area contributed by atoms with Gasteiger partial charge in [-0.15, -0.1) is 0 Å². The molecule has 0 aromatic heterocycles. The van der Waals surface area contributed by atoms with Gasteiger partial charge in [0.25, 0.3) is 0 Å². The van der Waals surface area contributed by atoms with E-state index in [0.29, 0.717) is 5.41 Å². The SMILES string of the molecule is C[C@@H]1[C@@H](c2ccccc2)C1(C)C. The van der Waals surface area contributed by atoms with Gasteiger partial charge >= 0.3 is 0 Å². The third kappa shape index (κ3) is 0.979. The second kappa shape index (κ2) is 2.35. The van der Waals surface area contributed by atoms with E-state index in [1.54, 1.807) is 0 Å². The van der Waals surface area contributed by atoms with Crippen molar-refractivity contribution in [2.24, 2.45) is 11.3 Å². The Labute approximate surface area is 74.6 Å². The normalized spacial score (nSPS) is 31.6. The van der Waals surface area contributed by atoms with Crippen LogP contribution < -0.4 is 0 Å². The summed E-state index contributed by atoms with van der Waals surface area (Å²) in [5, 5.41) is 0. The largest absolute Gasteiger partial charge is 0.0622 e. The fourth-order valence-electron chi connectivity index (χ4n) is 2.27. The van der Waals surface area contributed by atoms with Gasteiger partial charge in [0.15, 0.2) is 0 Å². The molecule has 0 unspecified atom stereocenters. The predicted molar refractivity (Wildman–Crippen MR) is 52.1 cm³/mol. The molecule has 2 atom stereocenters. The molecule has 0 heteroatoms. The van der Waals surface area contributed by atoms with E-state index in [1.165, 1.54) is 5.56 Å². The van der Waals surface area contributed by atoms with Crippen LogP contribution in [-0.2, 0) is 0 Å². The van der Waals surface area contributed by atoms with E-state index in [9.17, 15) is 0 Å². The zero-order valence-corrected chi connectivity index (χ0v) is 8.04. The smallest absolute Gasteiger partial charge is 0.00768 e. The highest BCUT2D eigenvalue weighted by molar-refractivity contribution is 5.30. The summed E-state index contributed by atoms with van der Waals surface area (Å²) in [7, 11) is 0. The van der Waals surface area contributed by atoms with Gasteiger partial charge in [0.2, 0.25) is 0 Å². The molecule has 0 heterocycles. The molecule has 0 aliphatic heterocycles. The summed E-state index contributed by atoms with van der Waals surface area (Å²) < 4.78 is 0. The van der Waals surface area contributed by atoms with Gasteiger partial charge in [-0.1, -0.05) is 51.1 Å². The van der Waals surface area contributed by atoms with E-state index in [-0.39, 0.29) is 0 Å². The van der Waals surface area contributed by atoms with Crippen LogP contribution in [-0.4, -0.2) is 0 Å². The highest BCUT2D eigenvalue weighted by Gasteiger charge is 2.54. The summed E-state index contributed by atoms with van der Waals surface area (Å²) in [4.78, 5) is 0. The summed E-state index contributed by atoms with van der Waals surface area (Å²) >= 11 is 0. The molecular formula is C12H16. The Bertz CT molecular complexity index is 271. The average molecular weight is 160 g/mol. The van der Waals surface area contributed by atoms with Crippen molar-refractivity contribution in [3.8, 4) is 0 Å². The molecule has 64 valence electrons. The summed E-state index contributed by atoms with van der Waals surface area (Å²) in [6.07, 6.45) is 0. The Balaban J connectivity index is 2.25. The molecule has 1 aliphatic carbocycles. The molecule has 1 aromatic rings. The molecule has 0 saturated heterocycles. The molecular weight excluding hydrogens is 144 g/mol. The van der Waals surface area contributed by atoms with Crippen molar-refractivity contribution in [2.45, 2.75) is 26.7 Å². The number of hydrogen-bond donors (Lipinski definition) is 0. The maximum absolute atomic E-state index is 2.36. The summed E-state index contributed by atoms with van der Waals surface area (Å²) in [6, 6.07) is 10.8. The summed E-state index contributed by atoms with van der Waals surface area (Å²) in [5.74, 6) is 1.64. The van der Waals surface area contributed by atoms with Crippen LogP contribution >= 0.6 is 0 Å². The van der Waals surface area contributed by atoms with E-state index >= 15 is 0 Å².